The minimum absolute atomic E-state index is 0.270. The van der Waals surface area contributed by atoms with Crippen molar-refractivity contribution < 1.29 is 4.79 Å². The van der Waals surface area contributed by atoms with Crippen LogP contribution in [0.15, 0.2) is 54.6 Å². The van der Waals surface area contributed by atoms with E-state index in [1.807, 2.05) is 18.2 Å². The second-order valence-corrected chi connectivity index (χ2v) is 3.95. The molecule has 0 heterocycles. The van der Waals surface area contributed by atoms with Crippen LogP contribution in [-0.4, -0.2) is 5.91 Å². The molecule has 0 spiro atoms. The van der Waals surface area contributed by atoms with Crippen molar-refractivity contribution in [3.05, 3.63) is 65.2 Å². The third-order valence-corrected chi connectivity index (χ3v) is 2.60. The number of carbonyl (C=O) groups excluding carboxylic acids is 1. The number of nitrogens with two attached hydrogens (primary N) is 1. The summed E-state index contributed by atoms with van der Waals surface area (Å²) in [4.78, 5) is 12.0. The molecule has 0 aliphatic carbocycles. The van der Waals surface area contributed by atoms with Crippen molar-refractivity contribution in [2.24, 2.45) is 5.84 Å². The normalized spacial score (nSPS) is 10.0. The van der Waals surface area contributed by atoms with E-state index in [0.29, 0.717) is 16.3 Å². The number of para-hydroxylation sites is 1. The maximum absolute atomic E-state index is 12.0. The fourth-order valence-corrected chi connectivity index (χ4v) is 1.56. The third kappa shape index (κ3) is 2.64. The predicted molar refractivity (Wildman–Crippen MR) is 68.9 cm³/mol. The number of hydrogen-bond donors (Lipinski definition) is 1. The van der Waals surface area contributed by atoms with Crippen LogP contribution >= 0.6 is 11.6 Å². The first-order chi connectivity index (χ1) is 8.18. The molecule has 4 heteroatoms. The van der Waals surface area contributed by atoms with Crippen LogP contribution in [0.3, 0.4) is 0 Å². The van der Waals surface area contributed by atoms with E-state index in [0.717, 1.165) is 5.01 Å². The number of hydrazine groups is 1. The molecule has 17 heavy (non-hydrogen) atoms. The first-order valence-electron chi connectivity index (χ1n) is 5.08. The minimum Gasteiger partial charge on any atom is -0.267 e. The lowest BCUT2D eigenvalue weighted by Crippen LogP contribution is -2.37. The van der Waals surface area contributed by atoms with Crippen LogP contribution in [0.25, 0.3) is 0 Å². The number of benzene rings is 2. The van der Waals surface area contributed by atoms with Crippen LogP contribution in [-0.2, 0) is 0 Å². The zero-order valence-corrected chi connectivity index (χ0v) is 9.76. The van der Waals surface area contributed by atoms with Gasteiger partial charge in [0.25, 0.3) is 5.91 Å². The van der Waals surface area contributed by atoms with Gasteiger partial charge in [0.2, 0.25) is 0 Å². The molecule has 0 aliphatic heterocycles. The molecule has 0 saturated heterocycles. The molecule has 0 unspecified atom stereocenters. The summed E-state index contributed by atoms with van der Waals surface area (Å²) in [5.74, 6) is 5.49. The molecule has 0 aromatic heterocycles. The molecule has 2 N–H and O–H groups in total. The molecule has 0 bridgehead atoms. The molecular weight excluding hydrogens is 236 g/mol. The largest absolute Gasteiger partial charge is 0.272 e. The first-order valence-corrected chi connectivity index (χ1v) is 5.46. The van der Waals surface area contributed by atoms with E-state index in [9.17, 15) is 4.79 Å². The van der Waals surface area contributed by atoms with Gasteiger partial charge in [0, 0.05) is 10.6 Å². The number of rotatable bonds is 2. The molecule has 0 radical (unpaired) electrons. The van der Waals surface area contributed by atoms with Gasteiger partial charge in [-0.2, -0.15) is 0 Å². The van der Waals surface area contributed by atoms with E-state index < -0.39 is 0 Å². The van der Waals surface area contributed by atoms with Crippen LogP contribution in [0.1, 0.15) is 10.4 Å². The van der Waals surface area contributed by atoms with Gasteiger partial charge in [-0.05, 0) is 36.4 Å². The summed E-state index contributed by atoms with van der Waals surface area (Å²) >= 11 is 5.76. The van der Waals surface area contributed by atoms with E-state index in [-0.39, 0.29) is 5.91 Å². The fraction of sp³-hybridized carbons (Fsp3) is 0. The third-order valence-electron chi connectivity index (χ3n) is 2.34. The van der Waals surface area contributed by atoms with Crippen LogP contribution in [0.5, 0.6) is 0 Å². The quantitative estimate of drug-likeness (QED) is 0.503. The number of carbonyl (C=O) groups is 1. The standard InChI is InChI=1S/C13H11ClN2O/c14-11-8-6-10(7-9-11)13(17)16(15)12-4-2-1-3-5-12/h1-9H,15H2. The SMILES string of the molecule is NN(C(=O)c1ccc(Cl)cc1)c1ccccc1. The summed E-state index contributed by atoms with van der Waals surface area (Å²) in [5.41, 5.74) is 1.15. The van der Waals surface area contributed by atoms with Gasteiger partial charge < -0.3 is 0 Å². The lowest BCUT2D eigenvalue weighted by Gasteiger charge is -2.16. The smallest absolute Gasteiger partial charge is 0.267 e. The van der Waals surface area contributed by atoms with E-state index in [1.54, 1.807) is 36.4 Å². The Morgan fingerprint density at radius 3 is 2.18 bits per heavy atom. The van der Waals surface area contributed by atoms with Gasteiger partial charge in [-0.1, -0.05) is 29.8 Å². The van der Waals surface area contributed by atoms with Crippen LogP contribution in [0.2, 0.25) is 5.02 Å². The van der Waals surface area contributed by atoms with Crippen molar-refractivity contribution in [1.82, 2.24) is 0 Å². The zero-order valence-electron chi connectivity index (χ0n) is 9.01. The molecular formula is C13H11ClN2O. The number of halogens is 1. The van der Waals surface area contributed by atoms with Crippen molar-refractivity contribution >= 4 is 23.2 Å². The summed E-state index contributed by atoms with van der Waals surface area (Å²) in [6, 6.07) is 15.7. The molecule has 2 rings (SSSR count). The summed E-state index contributed by atoms with van der Waals surface area (Å²) in [5, 5.41) is 1.70. The summed E-state index contributed by atoms with van der Waals surface area (Å²) < 4.78 is 0. The lowest BCUT2D eigenvalue weighted by atomic mass is 10.2. The van der Waals surface area contributed by atoms with E-state index >= 15 is 0 Å². The topological polar surface area (TPSA) is 46.3 Å². The van der Waals surface area contributed by atoms with Crippen molar-refractivity contribution in [2.75, 3.05) is 5.01 Å². The first kappa shape index (κ1) is 11.6. The molecule has 0 aliphatic rings. The second-order valence-electron chi connectivity index (χ2n) is 3.52. The van der Waals surface area contributed by atoms with Crippen molar-refractivity contribution in [3.63, 3.8) is 0 Å². The Hall–Kier alpha value is -1.84. The maximum Gasteiger partial charge on any atom is 0.272 e. The van der Waals surface area contributed by atoms with Gasteiger partial charge in [-0.25, -0.2) is 10.9 Å². The highest BCUT2D eigenvalue weighted by atomic mass is 35.5. The van der Waals surface area contributed by atoms with Crippen molar-refractivity contribution in [1.29, 1.82) is 0 Å². The fourth-order valence-electron chi connectivity index (χ4n) is 1.44. The van der Waals surface area contributed by atoms with Crippen molar-refractivity contribution in [3.8, 4) is 0 Å². The van der Waals surface area contributed by atoms with Gasteiger partial charge in [0.1, 0.15) is 0 Å². The summed E-state index contributed by atoms with van der Waals surface area (Å²) in [6.45, 7) is 0. The Kier molecular flexibility index (Phi) is 3.42. The monoisotopic (exact) mass is 246 g/mol. The lowest BCUT2D eigenvalue weighted by molar-refractivity contribution is 0.0987. The van der Waals surface area contributed by atoms with Crippen molar-refractivity contribution in [2.45, 2.75) is 0 Å². The summed E-state index contributed by atoms with van der Waals surface area (Å²) in [6.07, 6.45) is 0. The highest BCUT2D eigenvalue weighted by Crippen LogP contribution is 2.15. The second kappa shape index (κ2) is 4.99. The van der Waals surface area contributed by atoms with Gasteiger partial charge in [0.05, 0.1) is 5.69 Å². The van der Waals surface area contributed by atoms with Gasteiger partial charge in [-0.15, -0.1) is 0 Å². The van der Waals surface area contributed by atoms with E-state index in [4.69, 9.17) is 17.4 Å². The molecule has 2 aromatic carbocycles. The Morgan fingerprint density at radius 2 is 1.59 bits per heavy atom. The van der Waals surface area contributed by atoms with E-state index in [1.165, 1.54) is 0 Å². The van der Waals surface area contributed by atoms with Gasteiger partial charge in [0.15, 0.2) is 0 Å². The Labute approximate surface area is 104 Å². The number of amides is 1. The molecule has 3 nitrogen and oxygen atoms in total. The van der Waals surface area contributed by atoms with Crippen LogP contribution < -0.4 is 10.9 Å². The molecule has 2 aromatic rings. The Bertz CT molecular complexity index is 511. The maximum atomic E-state index is 12.0. The van der Waals surface area contributed by atoms with E-state index in [2.05, 4.69) is 0 Å². The average Bonchev–Trinajstić information content (AvgIpc) is 2.39. The Balaban J connectivity index is 2.23. The highest BCUT2D eigenvalue weighted by Gasteiger charge is 2.13. The van der Waals surface area contributed by atoms with Gasteiger partial charge >= 0.3 is 0 Å². The number of anilines is 1. The Morgan fingerprint density at radius 1 is 1.00 bits per heavy atom. The number of hydrogen-bond acceptors (Lipinski definition) is 2. The molecule has 1 amide bonds. The zero-order chi connectivity index (χ0) is 12.3. The van der Waals surface area contributed by atoms with Gasteiger partial charge in [-0.3, -0.25) is 4.79 Å². The predicted octanol–water partition coefficient (Wildman–Crippen LogP) is 2.86. The molecule has 0 atom stereocenters. The highest BCUT2D eigenvalue weighted by molar-refractivity contribution is 6.30. The minimum atomic E-state index is -0.270. The summed E-state index contributed by atoms with van der Waals surface area (Å²) in [7, 11) is 0. The van der Waals surface area contributed by atoms with Crippen LogP contribution in [0, 0.1) is 0 Å². The molecule has 0 fully saturated rings. The average molecular weight is 247 g/mol. The van der Waals surface area contributed by atoms with Crippen LogP contribution in [0.4, 0.5) is 5.69 Å². The molecule has 0 saturated carbocycles. The molecule has 86 valence electrons. The number of nitrogens with zero attached hydrogens (tertiary/aromatic N) is 1.